The van der Waals surface area contributed by atoms with Crippen LogP contribution >= 0.6 is 0 Å². The van der Waals surface area contributed by atoms with Gasteiger partial charge in [0.15, 0.2) is 0 Å². The van der Waals surface area contributed by atoms with Crippen molar-refractivity contribution in [2.24, 2.45) is 11.8 Å². The molecule has 17 heavy (non-hydrogen) atoms. The number of hydrogen-bond donors (Lipinski definition) is 3. The van der Waals surface area contributed by atoms with Gasteiger partial charge in [0.05, 0.1) is 12.1 Å². The van der Waals surface area contributed by atoms with Crippen LogP contribution in [0.15, 0.2) is 0 Å². The highest BCUT2D eigenvalue weighted by molar-refractivity contribution is 5.82. The first kappa shape index (κ1) is 12.8. The van der Waals surface area contributed by atoms with Crippen LogP contribution in [0.1, 0.15) is 39.5 Å². The Morgan fingerprint density at radius 3 is 2.35 bits per heavy atom. The van der Waals surface area contributed by atoms with Crippen LogP contribution in [0.25, 0.3) is 0 Å². The molecule has 1 heterocycles. The predicted octanol–water partition coefficient (Wildman–Crippen LogP) is 0.650. The van der Waals surface area contributed by atoms with Crippen LogP contribution in [0, 0.1) is 11.8 Å². The van der Waals surface area contributed by atoms with E-state index in [1.165, 1.54) is 6.42 Å². The second-order valence-corrected chi connectivity index (χ2v) is 5.97. The smallest absolute Gasteiger partial charge is 0.237 e. The van der Waals surface area contributed by atoms with Gasteiger partial charge in [-0.05, 0) is 37.5 Å². The van der Waals surface area contributed by atoms with Gasteiger partial charge >= 0.3 is 0 Å². The molecule has 4 heteroatoms. The lowest BCUT2D eigenvalue weighted by Gasteiger charge is -2.32. The zero-order valence-corrected chi connectivity index (χ0v) is 10.8. The molecule has 1 aliphatic carbocycles. The van der Waals surface area contributed by atoms with Gasteiger partial charge in [-0.2, -0.15) is 0 Å². The Kier molecular flexibility index (Phi) is 4.05. The summed E-state index contributed by atoms with van der Waals surface area (Å²) in [6.45, 7) is 5.05. The van der Waals surface area contributed by atoms with Gasteiger partial charge < -0.3 is 15.7 Å². The van der Waals surface area contributed by atoms with E-state index in [0.717, 1.165) is 12.8 Å². The molecule has 0 radical (unpaired) electrons. The van der Waals surface area contributed by atoms with Crippen LogP contribution in [-0.4, -0.2) is 35.7 Å². The van der Waals surface area contributed by atoms with Crippen molar-refractivity contribution in [2.75, 3.05) is 6.54 Å². The zero-order chi connectivity index (χ0) is 12.4. The van der Waals surface area contributed by atoms with Crippen molar-refractivity contribution < 1.29 is 9.90 Å². The number of carbonyl (C=O) groups excluding carboxylic acids is 1. The lowest BCUT2D eigenvalue weighted by Crippen LogP contribution is -2.47. The summed E-state index contributed by atoms with van der Waals surface area (Å²) in [6.07, 6.45) is 3.63. The van der Waals surface area contributed by atoms with Crippen LogP contribution < -0.4 is 10.6 Å². The summed E-state index contributed by atoms with van der Waals surface area (Å²) in [5.74, 6) is 1.46. The third-order valence-corrected chi connectivity index (χ3v) is 3.95. The van der Waals surface area contributed by atoms with Crippen molar-refractivity contribution in [3.8, 4) is 0 Å². The van der Waals surface area contributed by atoms with Gasteiger partial charge in [0.2, 0.25) is 5.91 Å². The van der Waals surface area contributed by atoms with Crippen molar-refractivity contribution in [1.82, 2.24) is 10.6 Å². The maximum absolute atomic E-state index is 12.0. The monoisotopic (exact) mass is 240 g/mol. The summed E-state index contributed by atoms with van der Waals surface area (Å²) in [7, 11) is 0. The highest BCUT2D eigenvalue weighted by Crippen LogP contribution is 2.28. The molecule has 0 bridgehead atoms. The summed E-state index contributed by atoms with van der Waals surface area (Å²) >= 11 is 0. The average Bonchev–Trinajstić information content (AvgIpc) is 2.63. The van der Waals surface area contributed by atoms with Crippen molar-refractivity contribution >= 4 is 5.91 Å². The molecule has 4 atom stereocenters. The number of amides is 1. The number of hydrogen-bond acceptors (Lipinski definition) is 3. The van der Waals surface area contributed by atoms with Gasteiger partial charge in [-0.15, -0.1) is 0 Å². The van der Waals surface area contributed by atoms with E-state index in [9.17, 15) is 9.90 Å². The van der Waals surface area contributed by atoms with Crippen LogP contribution in [0.4, 0.5) is 0 Å². The molecule has 1 saturated carbocycles. The van der Waals surface area contributed by atoms with Gasteiger partial charge in [-0.1, -0.05) is 13.8 Å². The van der Waals surface area contributed by atoms with Gasteiger partial charge in [0.25, 0.3) is 0 Å². The Hall–Kier alpha value is -0.610. The highest BCUT2D eigenvalue weighted by atomic mass is 16.3. The minimum absolute atomic E-state index is 0.0628. The summed E-state index contributed by atoms with van der Waals surface area (Å²) in [4.78, 5) is 12.0. The van der Waals surface area contributed by atoms with E-state index in [0.29, 0.717) is 30.8 Å². The molecule has 2 fully saturated rings. The molecule has 4 unspecified atom stereocenters. The van der Waals surface area contributed by atoms with Crippen LogP contribution in [-0.2, 0) is 4.79 Å². The molecule has 98 valence electrons. The van der Waals surface area contributed by atoms with E-state index < -0.39 is 0 Å². The van der Waals surface area contributed by atoms with Crippen LogP contribution in [0.2, 0.25) is 0 Å². The van der Waals surface area contributed by atoms with Gasteiger partial charge in [0, 0.05) is 12.6 Å². The number of aliphatic hydroxyl groups excluding tert-OH is 1. The lowest BCUT2D eigenvalue weighted by molar-refractivity contribution is -0.124. The number of β-amino-alcohol motifs (C(OH)–C–C–N with tert-alkyl or cyclic N) is 1. The third kappa shape index (κ3) is 3.42. The third-order valence-electron chi connectivity index (χ3n) is 3.95. The van der Waals surface area contributed by atoms with E-state index in [1.807, 2.05) is 0 Å². The molecule has 0 aromatic carbocycles. The molecular weight excluding hydrogens is 216 g/mol. The van der Waals surface area contributed by atoms with E-state index in [-0.39, 0.29) is 18.1 Å². The highest BCUT2D eigenvalue weighted by Gasteiger charge is 2.31. The molecule has 1 saturated heterocycles. The molecule has 4 nitrogen and oxygen atoms in total. The molecule has 0 aromatic heterocycles. The SMILES string of the molecule is CC1CC(C)CC(NC(=O)C2CC(O)CN2)C1. The fraction of sp³-hybridized carbons (Fsp3) is 0.923. The second kappa shape index (κ2) is 5.36. The topological polar surface area (TPSA) is 61.4 Å². The summed E-state index contributed by atoms with van der Waals surface area (Å²) in [6, 6.07) is 0.123. The fourth-order valence-electron chi connectivity index (χ4n) is 3.28. The number of rotatable bonds is 2. The summed E-state index contributed by atoms with van der Waals surface area (Å²) < 4.78 is 0. The standard InChI is InChI=1S/C13H24N2O2/c1-8-3-9(2)5-10(4-8)15-13(17)12-6-11(16)7-14-12/h8-12,14,16H,3-7H2,1-2H3,(H,15,17). The second-order valence-electron chi connectivity index (χ2n) is 5.97. The van der Waals surface area contributed by atoms with E-state index in [2.05, 4.69) is 24.5 Å². The Bertz CT molecular complexity index is 273. The molecule has 1 amide bonds. The Morgan fingerprint density at radius 2 is 1.82 bits per heavy atom. The summed E-state index contributed by atoms with van der Waals surface area (Å²) in [5, 5.41) is 15.6. The maximum atomic E-state index is 12.0. The molecule has 3 N–H and O–H groups in total. The Balaban J connectivity index is 1.81. The molecule has 0 spiro atoms. The van der Waals surface area contributed by atoms with Crippen molar-refractivity contribution in [3.63, 3.8) is 0 Å². The maximum Gasteiger partial charge on any atom is 0.237 e. The number of aliphatic hydroxyl groups is 1. The first-order chi connectivity index (χ1) is 8.04. The normalized spacial score (nSPS) is 42.4. The van der Waals surface area contributed by atoms with E-state index >= 15 is 0 Å². The molecule has 2 aliphatic rings. The Labute approximate surface area is 103 Å². The van der Waals surface area contributed by atoms with Crippen LogP contribution in [0.3, 0.4) is 0 Å². The van der Waals surface area contributed by atoms with Gasteiger partial charge in [0.1, 0.15) is 0 Å². The summed E-state index contributed by atoms with van der Waals surface area (Å²) in [5.41, 5.74) is 0. The molecule has 0 aromatic rings. The van der Waals surface area contributed by atoms with E-state index in [1.54, 1.807) is 0 Å². The Morgan fingerprint density at radius 1 is 1.18 bits per heavy atom. The van der Waals surface area contributed by atoms with Gasteiger partial charge in [-0.25, -0.2) is 0 Å². The number of nitrogens with one attached hydrogen (secondary N) is 2. The number of carbonyl (C=O) groups is 1. The lowest BCUT2D eigenvalue weighted by atomic mass is 9.80. The van der Waals surface area contributed by atoms with Gasteiger partial charge in [-0.3, -0.25) is 4.79 Å². The minimum Gasteiger partial charge on any atom is -0.392 e. The quantitative estimate of drug-likeness (QED) is 0.664. The largest absolute Gasteiger partial charge is 0.392 e. The van der Waals surface area contributed by atoms with Crippen LogP contribution in [0.5, 0.6) is 0 Å². The predicted molar refractivity (Wildman–Crippen MR) is 66.5 cm³/mol. The van der Waals surface area contributed by atoms with Crippen molar-refractivity contribution in [2.45, 2.75) is 57.7 Å². The molecule has 2 rings (SSSR count). The molecular formula is C13H24N2O2. The first-order valence-electron chi connectivity index (χ1n) is 6.76. The minimum atomic E-state index is -0.366. The van der Waals surface area contributed by atoms with Crippen molar-refractivity contribution in [1.29, 1.82) is 0 Å². The molecule has 1 aliphatic heterocycles. The fourth-order valence-corrected chi connectivity index (χ4v) is 3.28. The van der Waals surface area contributed by atoms with E-state index in [4.69, 9.17) is 0 Å². The first-order valence-corrected chi connectivity index (χ1v) is 6.76. The zero-order valence-electron chi connectivity index (χ0n) is 10.8. The average molecular weight is 240 g/mol. The van der Waals surface area contributed by atoms with Crippen molar-refractivity contribution in [3.05, 3.63) is 0 Å².